The van der Waals surface area contributed by atoms with Crippen molar-refractivity contribution in [2.45, 2.75) is 12.2 Å². The molecule has 0 aliphatic carbocycles. The third-order valence-electron chi connectivity index (χ3n) is 1.26. The van der Waals surface area contributed by atoms with E-state index in [1.165, 1.54) is 0 Å². The maximum atomic E-state index is 5.28. The van der Waals surface area contributed by atoms with Crippen molar-refractivity contribution in [2.24, 2.45) is 5.73 Å². The van der Waals surface area contributed by atoms with Crippen molar-refractivity contribution in [1.29, 1.82) is 0 Å². The second kappa shape index (κ2) is 4.38. The summed E-state index contributed by atoms with van der Waals surface area (Å²) in [5, 5.41) is 0. The minimum atomic E-state index is -0.491. The molecule has 2 N–H and O–H groups in total. The highest BCUT2D eigenvalue weighted by molar-refractivity contribution is 7.80. The van der Waals surface area contributed by atoms with Crippen molar-refractivity contribution in [3.63, 3.8) is 0 Å². The molecule has 0 aliphatic heterocycles. The van der Waals surface area contributed by atoms with E-state index in [1.54, 1.807) is 0 Å². The first-order chi connectivity index (χ1) is 5.29. The Morgan fingerprint density at radius 1 is 1.36 bits per heavy atom. The van der Waals surface area contributed by atoms with Crippen molar-refractivity contribution < 1.29 is 4.74 Å². The fourth-order valence-corrected chi connectivity index (χ4v) is 0.830. The Morgan fingerprint density at radius 3 is 2.55 bits per heavy atom. The molecule has 0 bridgehead atoms. The zero-order valence-electron chi connectivity index (χ0n) is 6.10. The van der Waals surface area contributed by atoms with Crippen LogP contribution >= 0.6 is 12.6 Å². The van der Waals surface area contributed by atoms with Gasteiger partial charge in [-0.05, 0) is 5.56 Å². The quantitative estimate of drug-likeness (QED) is 0.529. The molecule has 1 rings (SSSR count). The number of ether oxygens (including phenoxy) is 1. The first kappa shape index (κ1) is 8.59. The van der Waals surface area contributed by atoms with Crippen LogP contribution in [0.5, 0.6) is 0 Å². The van der Waals surface area contributed by atoms with Crippen LogP contribution in [-0.4, -0.2) is 5.56 Å². The minimum absolute atomic E-state index is 0.491. The average molecular weight is 169 g/mol. The predicted octanol–water partition coefficient (Wildman–Crippen LogP) is 1.38. The predicted molar refractivity (Wildman–Crippen MR) is 48.2 cm³/mol. The van der Waals surface area contributed by atoms with Crippen LogP contribution in [-0.2, 0) is 11.3 Å². The van der Waals surface area contributed by atoms with E-state index in [-0.39, 0.29) is 0 Å². The Hall–Kier alpha value is -0.510. The van der Waals surface area contributed by atoms with E-state index in [9.17, 15) is 0 Å². The fourth-order valence-electron chi connectivity index (χ4n) is 0.756. The van der Waals surface area contributed by atoms with Crippen LogP contribution in [0.25, 0.3) is 0 Å². The largest absolute Gasteiger partial charge is 0.350 e. The Labute approximate surface area is 71.8 Å². The first-order valence-electron chi connectivity index (χ1n) is 3.38. The summed E-state index contributed by atoms with van der Waals surface area (Å²) in [6.45, 7) is 0.519. The molecule has 60 valence electrons. The number of hydrogen-bond donors (Lipinski definition) is 2. The van der Waals surface area contributed by atoms with E-state index in [1.807, 2.05) is 30.3 Å². The van der Waals surface area contributed by atoms with Gasteiger partial charge in [-0.3, -0.25) is 5.73 Å². The Kier molecular flexibility index (Phi) is 3.42. The van der Waals surface area contributed by atoms with E-state index in [0.29, 0.717) is 6.61 Å². The number of rotatable bonds is 3. The average Bonchev–Trinajstić information content (AvgIpc) is 2.03. The molecule has 1 aromatic carbocycles. The van der Waals surface area contributed by atoms with Gasteiger partial charge in [0.2, 0.25) is 0 Å². The van der Waals surface area contributed by atoms with Crippen molar-refractivity contribution in [2.75, 3.05) is 0 Å². The lowest BCUT2D eigenvalue weighted by atomic mass is 10.2. The number of benzene rings is 1. The molecule has 0 aromatic heterocycles. The maximum absolute atomic E-state index is 5.28. The molecule has 0 radical (unpaired) electrons. The number of hydrogen-bond acceptors (Lipinski definition) is 3. The van der Waals surface area contributed by atoms with Crippen molar-refractivity contribution in [3.05, 3.63) is 35.9 Å². The van der Waals surface area contributed by atoms with Crippen LogP contribution in [0.15, 0.2) is 30.3 Å². The molecule has 0 saturated heterocycles. The summed E-state index contributed by atoms with van der Waals surface area (Å²) in [6, 6.07) is 9.85. The van der Waals surface area contributed by atoms with Crippen molar-refractivity contribution in [1.82, 2.24) is 0 Å². The first-order valence-corrected chi connectivity index (χ1v) is 3.90. The van der Waals surface area contributed by atoms with Gasteiger partial charge in [0.25, 0.3) is 0 Å². The Morgan fingerprint density at radius 2 is 2.00 bits per heavy atom. The van der Waals surface area contributed by atoms with E-state index in [0.717, 1.165) is 5.56 Å². The van der Waals surface area contributed by atoms with E-state index >= 15 is 0 Å². The van der Waals surface area contributed by atoms with Crippen LogP contribution in [0.1, 0.15) is 5.56 Å². The van der Waals surface area contributed by atoms with Crippen LogP contribution in [0.4, 0.5) is 0 Å². The van der Waals surface area contributed by atoms with Gasteiger partial charge in [0, 0.05) is 0 Å². The van der Waals surface area contributed by atoms with E-state index in [2.05, 4.69) is 12.6 Å². The van der Waals surface area contributed by atoms with Crippen LogP contribution in [0, 0.1) is 0 Å². The molecule has 2 nitrogen and oxygen atoms in total. The van der Waals surface area contributed by atoms with Gasteiger partial charge in [-0.25, -0.2) is 0 Å². The molecular weight excluding hydrogens is 158 g/mol. The van der Waals surface area contributed by atoms with Gasteiger partial charge in [0.1, 0.15) is 0 Å². The standard InChI is InChI=1S/C8H11NOS/c9-8(11)10-6-7-4-2-1-3-5-7/h1-5,8,11H,6,9H2/t8-/m0/s1. The highest BCUT2D eigenvalue weighted by Crippen LogP contribution is 2.01. The van der Waals surface area contributed by atoms with Crippen molar-refractivity contribution in [3.8, 4) is 0 Å². The summed E-state index contributed by atoms with van der Waals surface area (Å²) >= 11 is 3.88. The second-order valence-corrected chi connectivity index (χ2v) is 2.70. The lowest BCUT2D eigenvalue weighted by Gasteiger charge is -2.05. The summed E-state index contributed by atoms with van der Waals surface area (Å²) in [6.07, 6.45) is 0. The molecule has 0 fully saturated rings. The molecule has 11 heavy (non-hydrogen) atoms. The van der Waals surface area contributed by atoms with Gasteiger partial charge in [-0.15, -0.1) is 12.6 Å². The molecular formula is C8H11NOS. The fraction of sp³-hybridized carbons (Fsp3) is 0.250. The molecule has 0 aliphatic rings. The van der Waals surface area contributed by atoms with Crippen LogP contribution in [0.2, 0.25) is 0 Å². The third-order valence-corrected chi connectivity index (χ3v) is 1.41. The van der Waals surface area contributed by atoms with Gasteiger partial charge >= 0.3 is 0 Å². The molecule has 0 amide bonds. The summed E-state index contributed by atoms with van der Waals surface area (Å²) < 4.78 is 5.07. The monoisotopic (exact) mass is 169 g/mol. The molecule has 1 atom stereocenters. The number of nitrogens with two attached hydrogens (primary N) is 1. The molecule has 3 heteroatoms. The minimum Gasteiger partial charge on any atom is -0.350 e. The zero-order valence-corrected chi connectivity index (χ0v) is 7.00. The summed E-state index contributed by atoms with van der Waals surface area (Å²) in [5.74, 6) is 0. The maximum Gasteiger partial charge on any atom is 0.151 e. The number of thiol groups is 1. The summed E-state index contributed by atoms with van der Waals surface area (Å²) in [5.41, 5.74) is 5.90. The molecule has 1 aromatic rings. The molecule has 0 heterocycles. The summed E-state index contributed by atoms with van der Waals surface area (Å²) in [4.78, 5) is 0. The smallest absolute Gasteiger partial charge is 0.151 e. The summed E-state index contributed by atoms with van der Waals surface area (Å²) in [7, 11) is 0. The van der Waals surface area contributed by atoms with Crippen molar-refractivity contribution >= 4 is 12.6 Å². The second-order valence-electron chi connectivity index (χ2n) is 2.19. The van der Waals surface area contributed by atoms with Gasteiger partial charge in [-0.1, -0.05) is 30.3 Å². The van der Waals surface area contributed by atoms with Crippen LogP contribution in [0.3, 0.4) is 0 Å². The van der Waals surface area contributed by atoms with Gasteiger partial charge < -0.3 is 4.74 Å². The zero-order chi connectivity index (χ0) is 8.10. The van der Waals surface area contributed by atoms with Gasteiger partial charge in [0.05, 0.1) is 6.61 Å². The topological polar surface area (TPSA) is 35.2 Å². The highest BCUT2D eigenvalue weighted by atomic mass is 32.1. The Balaban J connectivity index is 2.39. The van der Waals surface area contributed by atoms with Gasteiger partial charge in [-0.2, -0.15) is 0 Å². The van der Waals surface area contributed by atoms with Crippen LogP contribution < -0.4 is 5.73 Å². The normalized spacial score (nSPS) is 12.9. The van der Waals surface area contributed by atoms with Gasteiger partial charge in [0.15, 0.2) is 5.56 Å². The van der Waals surface area contributed by atoms with E-state index in [4.69, 9.17) is 10.5 Å². The van der Waals surface area contributed by atoms with E-state index < -0.39 is 5.56 Å². The molecule has 0 saturated carbocycles. The SMILES string of the molecule is N[C@H](S)OCc1ccccc1. The third kappa shape index (κ3) is 3.41. The Bertz CT molecular complexity index is 201. The lowest BCUT2D eigenvalue weighted by Crippen LogP contribution is -2.15. The lowest BCUT2D eigenvalue weighted by molar-refractivity contribution is 0.104. The molecule has 0 spiro atoms. The highest BCUT2D eigenvalue weighted by Gasteiger charge is 1.94. The molecule has 0 unspecified atom stereocenters.